The highest BCUT2D eigenvalue weighted by atomic mass is 79.9. The molecule has 0 heterocycles. The molecule has 1 aliphatic carbocycles. The number of benzene rings is 1. The Balaban J connectivity index is 2.35. The molecular weight excluding hydrogens is 310 g/mol. The van der Waals surface area contributed by atoms with Crippen molar-refractivity contribution in [3.05, 3.63) is 45.7 Å². The second-order valence-electron chi connectivity index (χ2n) is 6.28. The maximum atomic E-state index is 15.2. The van der Waals surface area contributed by atoms with Crippen LogP contribution >= 0.6 is 15.9 Å². The standard InChI is InChI=1S/C16H19BrF2/c1-15(2,3)13-10-16(19,9-8-14(13)17)11-4-6-12(18)7-5-11/h4-7H,8-10H2,1-3H3. The predicted molar refractivity (Wildman–Crippen MR) is 78.4 cm³/mol. The van der Waals surface area contributed by atoms with E-state index in [9.17, 15) is 4.39 Å². The largest absolute Gasteiger partial charge is 0.238 e. The van der Waals surface area contributed by atoms with Crippen LogP contribution in [0.25, 0.3) is 0 Å². The first kappa shape index (κ1) is 14.7. The summed E-state index contributed by atoms with van der Waals surface area (Å²) in [6.45, 7) is 6.29. The Morgan fingerprint density at radius 1 is 1.16 bits per heavy atom. The molecule has 1 unspecified atom stereocenters. The lowest BCUT2D eigenvalue weighted by Crippen LogP contribution is -2.28. The lowest BCUT2D eigenvalue weighted by atomic mass is 9.73. The van der Waals surface area contributed by atoms with Crippen LogP contribution in [-0.2, 0) is 5.67 Å². The summed E-state index contributed by atoms with van der Waals surface area (Å²) in [6.07, 6.45) is 1.52. The number of rotatable bonds is 1. The van der Waals surface area contributed by atoms with Crippen LogP contribution in [0.2, 0.25) is 0 Å². The number of halogens is 3. The monoisotopic (exact) mass is 328 g/mol. The molecule has 0 radical (unpaired) electrons. The Morgan fingerprint density at radius 3 is 2.26 bits per heavy atom. The fraction of sp³-hybridized carbons (Fsp3) is 0.500. The van der Waals surface area contributed by atoms with Gasteiger partial charge in [0, 0.05) is 6.42 Å². The van der Waals surface area contributed by atoms with Gasteiger partial charge < -0.3 is 0 Å². The van der Waals surface area contributed by atoms with Gasteiger partial charge >= 0.3 is 0 Å². The van der Waals surface area contributed by atoms with Crippen LogP contribution in [0.1, 0.15) is 45.6 Å². The van der Waals surface area contributed by atoms with Gasteiger partial charge in [-0.15, -0.1) is 0 Å². The molecule has 1 aromatic rings. The molecule has 0 saturated carbocycles. The van der Waals surface area contributed by atoms with E-state index in [0.29, 0.717) is 24.8 Å². The first-order valence-electron chi connectivity index (χ1n) is 6.55. The van der Waals surface area contributed by atoms with Gasteiger partial charge in [0.25, 0.3) is 0 Å². The normalized spacial score (nSPS) is 24.7. The van der Waals surface area contributed by atoms with Gasteiger partial charge in [-0.05, 0) is 40.4 Å². The molecule has 0 amide bonds. The van der Waals surface area contributed by atoms with Crippen molar-refractivity contribution in [2.75, 3.05) is 0 Å². The molecule has 1 atom stereocenters. The Labute approximate surface area is 122 Å². The SMILES string of the molecule is CC(C)(C)C1=C(Br)CCC(F)(c2ccc(F)cc2)C1. The fourth-order valence-corrected chi connectivity index (χ4v) is 3.52. The molecule has 0 aromatic heterocycles. The van der Waals surface area contributed by atoms with E-state index in [1.807, 2.05) is 0 Å². The molecule has 0 nitrogen and oxygen atoms in total. The average molecular weight is 329 g/mol. The molecule has 0 saturated heterocycles. The third kappa shape index (κ3) is 3.07. The van der Waals surface area contributed by atoms with Crippen LogP contribution in [0.15, 0.2) is 34.3 Å². The Morgan fingerprint density at radius 2 is 1.74 bits per heavy atom. The van der Waals surface area contributed by atoms with E-state index in [1.54, 1.807) is 12.1 Å². The predicted octanol–water partition coefficient (Wildman–Crippen LogP) is 5.87. The van der Waals surface area contributed by atoms with Gasteiger partial charge in [0.2, 0.25) is 0 Å². The highest BCUT2D eigenvalue weighted by Crippen LogP contribution is 2.49. The lowest BCUT2D eigenvalue weighted by Gasteiger charge is -2.37. The fourth-order valence-electron chi connectivity index (χ4n) is 2.59. The van der Waals surface area contributed by atoms with E-state index in [0.717, 1.165) is 10.1 Å². The summed E-state index contributed by atoms with van der Waals surface area (Å²) in [4.78, 5) is 0. The van der Waals surface area contributed by atoms with E-state index in [1.165, 1.54) is 12.1 Å². The van der Waals surface area contributed by atoms with Crippen molar-refractivity contribution in [3.8, 4) is 0 Å². The van der Waals surface area contributed by atoms with Gasteiger partial charge in [-0.3, -0.25) is 0 Å². The van der Waals surface area contributed by atoms with Gasteiger partial charge in [-0.25, -0.2) is 8.78 Å². The van der Waals surface area contributed by atoms with Crippen molar-refractivity contribution < 1.29 is 8.78 Å². The second kappa shape index (κ2) is 5.01. The molecule has 3 heteroatoms. The zero-order chi connectivity index (χ0) is 14.3. The van der Waals surface area contributed by atoms with Crippen LogP contribution in [0, 0.1) is 11.2 Å². The van der Waals surface area contributed by atoms with Crippen LogP contribution in [-0.4, -0.2) is 0 Å². The summed E-state index contributed by atoms with van der Waals surface area (Å²) in [5, 5.41) is 0. The molecule has 104 valence electrons. The van der Waals surface area contributed by atoms with Crippen LogP contribution in [0.5, 0.6) is 0 Å². The minimum atomic E-state index is -1.38. The highest BCUT2D eigenvalue weighted by molar-refractivity contribution is 9.11. The summed E-state index contributed by atoms with van der Waals surface area (Å²) in [5.41, 5.74) is 0.255. The minimum Gasteiger partial charge on any atom is -0.238 e. The molecular formula is C16H19BrF2. The van der Waals surface area contributed by atoms with Gasteiger partial charge in [0.1, 0.15) is 11.5 Å². The summed E-state index contributed by atoms with van der Waals surface area (Å²) in [7, 11) is 0. The molecule has 0 fully saturated rings. The van der Waals surface area contributed by atoms with Gasteiger partial charge in [0.15, 0.2) is 0 Å². The van der Waals surface area contributed by atoms with Gasteiger partial charge in [0.05, 0.1) is 0 Å². The summed E-state index contributed by atoms with van der Waals surface area (Å²) < 4.78 is 29.3. The molecule has 0 spiro atoms. The third-order valence-corrected chi connectivity index (χ3v) is 4.67. The number of hydrogen-bond donors (Lipinski definition) is 0. The van der Waals surface area contributed by atoms with E-state index < -0.39 is 5.67 Å². The van der Waals surface area contributed by atoms with Crippen molar-refractivity contribution in [3.63, 3.8) is 0 Å². The minimum absolute atomic E-state index is 0.0589. The smallest absolute Gasteiger partial charge is 0.140 e. The zero-order valence-corrected chi connectivity index (χ0v) is 13.2. The molecule has 2 rings (SSSR count). The maximum Gasteiger partial charge on any atom is 0.140 e. The van der Waals surface area contributed by atoms with E-state index in [-0.39, 0.29) is 11.2 Å². The maximum absolute atomic E-state index is 15.2. The first-order valence-corrected chi connectivity index (χ1v) is 7.35. The number of alkyl halides is 1. The Hall–Kier alpha value is -0.700. The third-order valence-electron chi connectivity index (χ3n) is 3.79. The van der Waals surface area contributed by atoms with Crippen molar-refractivity contribution in [1.29, 1.82) is 0 Å². The summed E-state index contributed by atoms with van der Waals surface area (Å²) >= 11 is 3.58. The van der Waals surface area contributed by atoms with E-state index >= 15 is 4.39 Å². The Bertz CT molecular complexity index is 496. The number of allylic oxidation sites excluding steroid dienone is 2. The van der Waals surface area contributed by atoms with Crippen LogP contribution in [0.4, 0.5) is 8.78 Å². The second-order valence-corrected chi connectivity index (χ2v) is 7.24. The number of hydrogen-bond acceptors (Lipinski definition) is 0. The lowest BCUT2D eigenvalue weighted by molar-refractivity contribution is 0.133. The molecule has 0 bridgehead atoms. The Kier molecular flexibility index (Phi) is 3.87. The van der Waals surface area contributed by atoms with Crippen LogP contribution < -0.4 is 0 Å². The van der Waals surface area contributed by atoms with E-state index in [4.69, 9.17) is 0 Å². The van der Waals surface area contributed by atoms with Crippen LogP contribution in [0.3, 0.4) is 0 Å². The zero-order valence-electron chi connectivity index (χ0n) is 11.6. The topological polar surface area (TPSA) is 0 Å². The van der Waals surface area contributed by atoms with Crippen molar-refractivity contribution in [2.45, 2.75) is 45.7 Å². The van der Waals surface area contributed by atoms with Crippen molar-refractivity contribution in [1.82, 2.24) is 0 Å². The summed E-state index contributed by atoms with van der Waals surface area (Å²) in [5.74, 6) is -0.323. The molecule has 19 heavy (non-hydrogen) atoms. The highest BCUT2D eigenvalue weighted by Gasteiger charge is 2.39. The first-order chi connectivity index (χ1) is 8.72. The van der Waals surface area contributed by atoms with Gasteiger partial charge in [-0.2, -0.15) is 0 Å². The van der Waals surface area contributed by atoms with Gasteiger partial charge in [-0.1, -0.05) is 54.4 Å². The quantitative estimate of drug-likeness (QED) is 0.604. The molecule has 0 N–H and O–H groups in total. The van der Waals surface area contributed by atoms with Crippen molar-refractivity contribution >= 4 is 15.9 Å². The summed E-state index contributed by atoms with van der Waals surface area (Å²) in [6, 6.07) is 5.80. The molecule has 0 aliphatic heterocycles. The average Bonchev–Trinajstić information content (AvgIpc) is 2.32. The molecule has 1 aliphatic rings. The van der Waals surface area contributed by atoms with E-state index in [2.05, 4.69) is 36.7 Å². The van der Waals surface area contributed by atoms with Crippen molar-refractivity contribution in [2.24, 2.45) is 5.41 Å². The molecule has 1 aromatic carbocycles.